The Morgan fingerprint density at radius 2 is 1.81 bits per heavy atom. The molecule has 0 saturated carbocycles. The molecule has 0 amide bonds. The minimum atomic E-state index is -0.245. The second kappa shape index (κ2) is 5.13. The van der Waals surface area contributed by atoms with Gasteiger partial charge in [0.2, 0.25) is 0 Å². The topological polar surface area (TPSA) is 84.3 Å². The van der Waals surface area contributed by atoms with Crippen molar-refractivity contribution in [3.63, 3.8) is 0 Å². The van der Waals surface area contributed by atoms with Gasteiger partial charge in [0.25, 0.3) is 5.56 Å². The van der Waals surface area contributed by atoms with Crippen molar-refractivity contribution in [2.24, 2.45) is 0 Å². The summed E-state index contributed by atoms with van der Waals surface area (Å²) in [6.45, 7) is 0. The average molecular weight is 300 g/mol. The Hall–Kier alpha value is -2.48. The second-order valence-corrected chi connectivity index (χ2v) is 4.79. The first kappa shape index (κ1) is 13.5. The number of nitrogens with one attached hydrogen (secondary N) is 1. The molecule has 0 saturated heterocycles. The number of anilines is 1. The number of H-pyrrole nitrogens is 1. The molecule has 7 heteroatoms. The predicted molar refractivity (Wildman–Crippen MR) is 82.4 cm³/mol. The lowest BCUT2D eigenvalue weighted by Gasteiger charge is -2.21. The maximum Gasteiger partial charge on any atom is 0.266 e. The standard InChI is InChI=1S/C14H10N3O3S/c18-13-11-3-1-2-4-12(11)15-14(21)16(13)9-5-7-10(8-6-9)17(19)20/h1-8,19H,(H,15,21)/q-1. The minimum absolute atomic E-state index is 0.0717. The summed E-state index contributed by atoms with van der Waals surface area (Å²) >= 11 is 5.22. The first-order valence-electron chi connectivity index (χ1n) is 6.08. The molecule has 0 aliphatic heterocycles. The van der Waals surface area contributed by atoms with E-state index in [1.165, 1.54) is 28.8 Å². The van der Waals surface area contributed by atoms with Crippen LogP contribution < -0.4 is 10.8 Å². The van der Waals surface area contributed by atoms with Crippen molar-refractivity contribution in [2.45, 2.75) is 0 Å². The van der Waals surface area contributed by atoms with Gasteiger partial charge in [-0.1, -0.05) is 12.1 Å². The SMILES string of the molecule is O=c1c2ccccc2[nH]c(=S)n1-c1ccc(N([O-])O)cc1. The van der Waals surface area contributed by atoms with E-state index in [0.717, 1.165) is 0 Å². The first-order valence-corrected chi connectivity index (χ1v) is 6.49. The highest BCUT2D eigenvalue weighted by Gasteiger charge is 2.07. The number of nitrogens with zero attached hydrogens (tertiary/aromatic N) is 2. The zero-order valence-corrected chi connectivity index (χ0v) is 11.5. The summed E-state index contributed by atoms with van der Waals surface area (Å²) in [4.78, 5) is 15.5. The lowest BCUT2D eigenvalue weighted by atomic mass is 10.2. The highest BCUT2D eigenvalue weighted by Crippen LogP contribution is 2.16. The molecule has 0 atom stereocenters. The van der Waals surface area contributed by atoms with E-state index in [9.17, 15) is 10.0 Å². The third kappa shape index (κ3) is 2.33. The zero-order chi connectivity index (χ0) is 15.0. The van der Waals surface area contributed by atoms with E-state index in [0.29, 0.717) is 16.6 Å². The molecule has 21 heavy (non-hydrogen) atoms. The van der Waals surface area contributed by atoms with Gasteiger partial charge in [-0.05, 0) is 48.6 Å². The molecule has 3 rings (SSSR count). The maximum absolute atomic E-state index is 12.5. The van der Waals surface area contributed by atoms with Crippen molar-refractivity contribution in [2.75, 3.05) is 5.23 Å². The van der Waals surface area contributed by atoms with Gasteiger partial charge in [0.05, 0.1) is 22.3 Å². The molecule has 0 spiro atoms. The van der Waals surface area contributed by atoms with E-state index in [-0.39, 0.29) is 21.2 Å². The van der Waals surface area contributed by atoms with Crippen LogP contribution in [0.2, 0.25) is 0 Å². The number of rotatable bonds is 2. The highest BCUT2D eigenvalue weighted by atomic mass is 32.1. The van der Waals surface area contributed by atoms with Crippen LogP contribution in [0.3, 0.4) is 0 Å². The van der Waals surface area contributed by atoms with Crippen LogP contribution in [0.15, 0.2) is 53.3 Å². The van der Waals surface area contributed by atoms with E-state index in [4.69, 9.17) is 17.4 Å². The van der Waals surface area contributed by atoms with Gasteiger partial charge >= 0.3 is 0 Å². The van der Waals surface area contributed by atoms with Crippen LogP contribution >= 0.6 is 12.2 Å². The van der Waals surface area contributed by atoms with Crippen molar-refractivity contribution in [1.82, 2.24) is 9.55 Å². The van der Waals surface area contributed by atoms with Gasteiger partial charge in [-0.2, -0.15) is 0 Å². The molecule has 0 aliphatic rings. The lowest BCUT2D eigenvalue weighted by Crippen LogP contribution is -2.20. The molecule has 6 nitrogen and oxygen atoms in total. The van der Waals surface area contributed by atoms with Crippen LogP contribution in [0, 0.1) is 9.98 Å². The molecular formula is C14H10N3O3S-. The third-order valence-corrected chi connectivity index (χ3v) is 3.42. The summed E-state index contributed by atoms with van der Waals surface area (Å²) in [5, 5.41) is 19.9. The number of para-hydroxylation sites is 1. The fourth-order valence-electron chi connectivity index (χ4n) is 2.13. The van der Waals surface area contributed by atoms with Crippen molar-refractivity contribution < 1.29 is 5.21 Å². The summed E-state index contributed by atoms with van der Waals surface area (Å²) in [6, 6.07) is 13.0. The summed E-state index contributed by atoms with van der Waals surface area (Å²) in [5.74, 6) is 0. The predicted octanol–water partition coefficient (Wildman–Crippen LogP) is 2.74. The van der Waals surface area contributed by atoms with Crippen molar-refractivity contribution in [1.29, 1.82) is 0 Å². The Labute approximate surface area is 124 Å². The van der Waals surface area contributed by atoms with Gasteiger partial charge in [-0.3, -0.25) is 14.6 Å². The molecule has 0 aliphatic carbocycles. The molecule has 0 radical (unpaired) electrons. The van der Waals surface area contributed by atoms with Crippen molar-refractivity contribution >= 4 is 28.8 Å². The summed E-state index contributed by atoms with van der Waals surface area (Å²) < 4.78 is 1.60. The number of aromatic amines is 1. The van der Waals surface area contributed by atoms with Gasteiger partial charge < -0.3 is 15.4 Å². The quantitative estimate of drug-likeness (QED) is 0.561. The van der Waals surface area contributed by atoms with Crippen LogP contribution in [-0.2, 0) is 0 Å². The Kier molecular flexibility index (Phi) is 3.30. The molecule has 1 heterocycles. The van der Waals surface area contributed by atoms with Gasteiger partial charge in [-0.15, -0.1) is 0 Å². The molecule has 1 aromatic heterocycles. The highest BCUT2D eigenvalue weighted by molar-refractivity contribution is 7.71. The fourth-order valence-corrected chi connectivity index (χ4v) is 2.42. The average Bonchev–Trinajstić information content (AvgIpc) is 2.48. The minimum Gasteiger partial charge on any atom is -0.733 e. The van der Waals surface area contributed by atoms with Gasteiger partial charge in [0.1, 0.15) is 0 Å². The molecule has 106 valence electrons. The molecule has 3 aromatic rings. The Bertz CT molecular complexity index is 913. The number of aromatic nitrogens is 2. The molecule has 2 N–H and O–H groups in total. The summed E-state index contributed by atoms with van der Waals surface area (Å²) in [6.07, 6.45) is 0. The van der Waals surface area contributed by atoms with Gasteiger partial charge in [-0.25, -0.2) is 0 Å². The normalized spacial score (nSPS) is 10.8. The maximum atomic E-state index is 12.5. The Morgan fingerprint density at radius 1 is 1.14 bits per heavy atom. The monoisotopic (exact) mass is 300 g/mol. The van der Waals surface area contributed by atoms with E-state index in [1.807, 2.05) is 6.07 Å². The first-order chi connectivity index (χ1) is 10.1. The van der Waals surface area contributed by atoms with Crippen LogP contribution in [0.25, 0.3) is 16.6 Å². The largest absolute Gasteiger partial charge is 0.733 e. The van der Waals surface area contributed by atoms with Crippen LogP contribution in [0.5, 0.6) is 0 Å². The second-order valence-electron chi connectivity index (χ2n) is 4.41. The fraction of sp³-hybridized carbons (Fsp3) is 0. The van der Waals surface area contributed by atoms with E-state index < -0.39 is 0 Å². The van der Waals surface area contributed by atoms with Crippen molar-refractivity contribution in [3.8, 4) is 5.69 Å². The third-order valence-electron chi connectivity index (χ3n) is 3.13. The molecule has 0 bridgehead atoms. The summed E-state index contributed by atoms with van der Waals surface area (Å²) in [5.41, 5.74) is 1.01. The molecule has 0 fully saturated rings. The van der Waals surface area contributed by atoms with E-state index >= 15 is 0 Å². The van der Waals surface area contributed by atoms with Crippen LogP contribution in [0.1, 0.15) is 0 Å². The number of benzene rings is 2. The number of hydrogen-bond donors (Lipinski definition) is 2. The van der Waals surface area contributed by atoms with Crippen LogP contribution in [-0.4, -0.2) is 14.8 Å². The van der Waals surface area contributed by atoms with Crippen LogP contribution in [0.4, 0.5) is 5.69 Å². The summed E-state index contributed by atoms with van der Waals surface area (Å²) in [7, 11) is 0. The zero-order valence-electron chi connectivity index (χ0n) is 10.7. The van der Waals surface area contributed by atoms with Gasteiger partial charge in [0.15, 0.2) is 4.77 Å². The Morgan fingerprint density at radius 3 is 2.48 bits per heavy atom. The lowest BCUT2D eigenvalue weighted by molar-refractivity contribution is 0.296. The number of hydrogen-bond acceptors (Lipinski definition) is 5. The molecule has 0 unspecified atom stereocenters. The Balaban J connectivity index is 2.25. The van der Waals surface area contributed by atoms with E-state index in [2.05, 4.69) is 4.98 Å². The van der Waals surface area contributed by atoms with E-state index in [1.54, 1.807) is 18.2 Å². The smallest absolute Gasteiger partial charge is 0.266 e. The molecule has 2 aromatic carbocycles. The number of fused-ring (bicyclic) bond motifs is 1. The molecular weight excluding hydrogens is 290 g/mol. The van der Waals surface area contributed by atoms with Crippen molar-refractivity contribution in [3.05, 3.63) is 68.9 Å². The van der Waals surface area contributed by atoms with Gasteiger partial charge in [0, 0.05) is 0 Å².